The van der Waals surface area contributed by atoms with Crippen molar-refractivity contribution in [2.45, 2.75) is 25.9 Å². The minimum Gasteiger partial charge on any atom is -0.347 e. The zero-order valence-corrected chi connectivity index (χ0v) is 8.40. The van der Waals surface area contributed by atoms with Gasteiger partial charge in [0, 0.05) is 6.20 Å². The van der Waals surface area contributed by atoms with Gasteiger partial charge in [0.25, 0.3) is 0 Å². The fourth-order valence-electron chi connectivity index (χ4n) is 1.05. The minimum atomic E-state index is -0.485. The van der Waals surface area contributed by atoms with E-state index in [1.54, 1.807) is 13.1 Å². The van der Waals surface area contributed by atoms with Crippen molar-refractivity contribution in [1.29, 1.82) is 0 Å². The van der Waals surface area contributed by atoms with Gasteiger partial charge in [-0.05, 0) is 26.0 Å². The van der Waals surface area contributed by atoms with Crippen molar-refractivity contribution in [3.05, 3.63) is 30.1 Å². The van der Waals surface area contributed by atoms with Gasteiger partial charge in [-0.25, -0.2) is 0 Å². The Balaban J connectivity index is 2.59. The molecule has 76 valence electrons. The Morgan fingerprint density at radius 2 is 2.21 bits per heavy atom. The van der Waals surface area contributed by atoms with E-state index in [1.165, 1.54) is 0 Å². The summed E-state index contributed by atoms with van der Waals surface area (Å²) in [6.07, 6.45) is 1.70. The molecule has 1 aromatic heterocycles. The van der Waals surface area contributed by atoms with Crippen molar-refractivity contribution in [2.24, 2.45) is 5.73 Å². The Labute approximate surface area is 83.5 Å². The van der Waals surface area contributed by atoms with Crippen LogP contribution in [0.2, 0.25) is 0 Å². The lowest BCUT2D eigenvalue weighted by Gasteiger charge is -2.14. The summed E-state index contributed by atoms with van der Waals surface area (Å²) in [5.41, 5.74) is 6.26. The summed E-state index contributed by atoms with van der Waals surface area (Å²) in [5, 5.41) is 2.77. The molecule has 0 spiro atoms. The number of carbonyl (C=O) groups is 1. The fraction of sp³-hybridized carbons (Fsp3) is 0.400. The molecule has 0 aliphatic carbocycles. The Bertz CT molecular complexity index is 297. The first-order valence-electron chi connectivity index (χ1n) is 4.58. The van der Waals surface area contributed by atoms with E-state index in [0.717, 1.165) is 5.69 Å². The molecule has 0 aromatic carbocycles. The van der Waals surface area contributed by atoms with Crippen molar-refractivity contribution in [1.82, 2.24) is 10.3 Å². The fourth-order valence-corrected chi connectivity index (χ4v) is 1.05. The highest BCUT2D eigenvalue weighted by atomic mass is 16.2. The van der Waals surface area contributed by atoms with Gasteiger partial charge in [0.05, 0.1) is 17.8 Å². The van der Waals surface area contributed by atoms with E-state index in [1.807, 2.05) is 25.1 Å². The second-order valence-corrected chi connectivity index (χ2v) is 3.27. The lowest BCUT2D eigenvalue weighted by atomic mass is 10.2. The average Bonchev–Trinajstić information content (AvgIpc) is 2.19. The minimum absolute atomic E-state index is 0.102. The highest BCUT2D eigenvalue weighted by molar-refractivity contribution is 5.81. The zero-order valence-electron chi connectivity index (χ0n) is 8.40. The number of nitrogens with one attached hydrogen (secondary N) is 1. The van der Waals surface area contributed by atoms with Crippen LogP contribution in [-0.4, -0.2) is 16.9 Å². The van der Waals surface area contributed by atoms with Crippen molar-refractivity contribution < 1.29 is 4.79 Å². The largest absolute Gasteiger partial charge is 0.347 e. The molecule has 0 bridgehead atoms. The molecule has 14 heavy (non-hydrogen) atoms. The molecular weight excluding hydrogens is 178 g/mol. The predicted octanol–water partition coefficient (Wildman–Crippen LogP) is 0.606. The summed E-state index contributed by atoms with van der Waals surface area (Å²) >= 11 is 0. The Kier molecular flexibility index (Phi) is 3.59. The monoisotopic (exact) mass is 193 g/mol. The normalized spacial score (nSPS) is 14.5. The molecule has 4 nitrogen and oxygen atoms in total. The Morgan fingerprint density at radius 3 is 2.71 bits per heavy atom. The summed E-state index contributed by atoms with van der Waals surface area (Å²) in [6, 6.07) is 5.00. The van der Waals surface area contributed by atoms with E-state index < -0.39 is 6.04 Å². The molecule has 0 radical (unpaired) electrons. The first-order valence-corrected chi connectivity index (χ1v) is 4.58. The van der Waals surface area contributed by atoms with Gasteiger partial charge in [-0.2, -0.15) is 0 Å². The molecule has 1 rings (SSSR count). The van der Waals surface area contributed by atoms with Gasteiger partial charge in [0.15, 0.2) is 0 Å². The van der Waals surface area contributed by atoms with E-state index >= 15 is 0 Å². The first-order chi connectivity index (χ1) is 6.61. The number of nitrogens with two attached hydrogens (primary N) is 1. The van der Waals surface area contributed by atoms with Crippen molar-refractivity contribution >= 4 is 5.91 Å². The van der Waals surface area contributed by atoms with E-state index in [9.17, 15) is 4.79 Å². The number of carbonyl (C=O) groups excluding carboxylic acids is 1. The molecule has 4 heteroatoms. The van der Waals surface area contributed by atoms with Gasteiger partial charge in [0.2, 0.25) is 5.91 Å². The van der Waals surface area contributed by atoms with Crippen LogP contribution in [0.1, 0.15) is 25.6 Å². The molecule has 1 heterocycles. The molecule has 3 N–H and O–H groups in total. The van der Waals surface area contributed by atoms with Gasteiger partial charge in [-0.15, -0.1) is 0 Å². The number of rotatable bonds is 3. The highest BCUT2D eigenvalue weighted by Crippen LogP contribution is 2.07. The molecule has 1 aromatic rings. The number of hydrogen-bond donors (Lipinski definition) is 2. The van der Waals surface area contributed by atoms with Gasteiger partial charge >= 0.3 is 0 Å². The number of pyridine rings is 1. The third kappa shape index (κ3) is 2.81. The van der Waals surface area contributed by atoms with Crippen LogP contribution in [-0.2, 0) is 4.79 Å². The van der Waals surface area contributed by atoms with Crippen LogP contribution >= 0.6 is 0 Å². The third-order valence-electron chi connectivity index (χ3n) is 1.90. The topological polar surface area (TPSA) is 68.0 Å². The van der Waals surface area contributed by atoms with Crippen LogP contribution < -0.4 is 11.1 Å². The van der Waals surface area contributed by atoms with E-state index in [2.05, 4.69) is 10.3 Å². The summed E-state index contributed by atoms with van der Waals surface area (Å²) in [6.45, 7) is 3.53. The maximum atomic E-state index is 11.3. The van der Waals surface area contributed by atoms with Crippen LogP contribution in [0.15, 0.2) is 24.4 Å². The summed E-state index contributed by atoms with van der Waals surface area (Å²) < 4.78 is 0. The van der Waals surface area contributed by atoms with E-state index in [0.29, 0.717) is 0 Å². The molecule has 2 atom stereocenters. The van der Waals surface area contributed by atoms with Gasteiger partial charge in [-0.1, -0.05) is 6.07 Å². The van der Waals surface area contributed by atoms with Crippen molar-refractivity contribution in [3.63, 3.8) is 0 Å². The zero-order chi connectivity index (χ0) is 10.6. The lowest BCUT2D eigenvalue weighted by Crippen LogP contribution is -2.39. The SMILES string of the molecule is CC(N)C(=O)N[C@@H](C)c1ccccn1. The molecule has 0 saturated carbocycles. The second kappa shape index (κ2) is 4.72. The van der Waals surface area contributed by atoms with E-state index in [4.69, 9.17) is 5.73 Å². The summed E-state index contributed by atoms with van der Waals surface area (Å²) in [4.78, 5) is 15.4. The number of nitrogens with zero attached hydrogens (tertiary/aromatic N) is 1. The third-order valence-corrected chi connectivity index (χ3v) is 1.90. The summed E-state index contributed by atoms with van der Waals surface area (Å²) in [7, 11) is 0. The maximum absolute atomic E-state index is 11.3. The quantitative estimate of drug-likeness (QED) is 0.739. The molecule has 0 aliphatic rings. The summed E-state index contributed by atoms with van der Waals surface area (Å²) in [5.74, 6) is -0.164. The van der Waals surface area contributed by atoms with Gasteiger partial charge in [-0.3, -0.25) is 9.78 Å². The first kappa shape index (κ1) is 10.7. The second-order valence-electron chi connectivity index (χ2n) is 3.27. The van der Waals surface area contributed by atoms with E-state index in [-0.39, 0.29) is 11.9 Å². The van der Waals surface area contributed by atoms with Gasteiger partial charge in [0.1, 0.15) is 0 Å². The molecule has 1 amide bonds. The van der Waals surface area contributed by atoms with Crippen molar-refractivity contribution in [2.75, 3.05) is 0 Å². The van der Waals surface area contributed by atoms with Crippen LogP contribution in [0.4, 0.5) is 0 Å². The smallest absolute Gasteiger partial charge is 0.237 e. The highest BCUT2D eigenvalue weighted by Gasteiger charge is 2.12. The number of amides is 1. The van der Waals surface area contributed by atoms with Crippen molar-refractivity contribution in [3.8, 4) is 0 Å². The van der Waals surface area contributed by atoms with Crippen LogP contribution in [0.5, 0.6) is 0 Å². The van der Waals surface area contributed by atoms with Crippen LogP contribution in [0.25, 0.3) is 0 Å². The molecule has 0 aliphatic heterocycles. The number of hydrogen-bond acceptors (Lipinski definition) is 3. The molecule has 0 fully saturated rings. The standard InChI is InChI=1S/C10H15N3O/c1-7(11)10(14)13-8(2)9-5-3-4-6-12-9/h3-8H,11H2,1-2H3,(H,13,14)/t7?,8-/m0/s1. The van der Waals surface area contributed by atoms with Crippen LogP contribution in [0, 0.1) is 0 Å². The number of aromatic nitrogens is 1. The average molecular weight is 193 g/mol. The van der Waals surface area contributed by atoms with Gasteiger partial charge < -0.3 is 11.1 Å². The van der Waals surface area contributed by atoms with Crippen LogP contribution in [0.3, 0.4) is 0 Å². The Morgan fingerprint density at radius 1 is 1.50 bits per heavy atom. The molecule has 0 saturated heterocycles. The lowest BCUT2D eigenvalue weighted by molar-refractivity contribution is -0.122. The Hall–Kier alpha value is -1.42. The maximum Gasteiger partial charge on any atom is 0.237 e. The predicted molar refractivity (Wildman–Crippen MR) is 54.4 cm³/mol. The molecule has 1 unspecified atom stereocenters. The molecular formula is C10H15N3O.